The van der Waals surface area contributed by atoms with Gasteiger partial charge in [-0.15, -0.1) is 22.7 Å². The second kappa shape index (κ2) is 7.08. The van der Waals surface area contributed by atoms with E-state index in [-0.39, 0.29) is 0 Å². The van der Waals surface area contributed by atoms with Gasteiger partial charge < -0.3 is 0 Å². The zero-order chi connectivity index (χ0) is 20.2. The van der Waals surface area contributed by atoms with E-state index in [9.17, 15) is 0 Å². The molecule has 2 aromatic heterocycles. The third-order valence-corrected chi connectivity index (χ3v) is 8.60. The molecule has 0 amide bonds. The summed E-state index contributed by atoms with van der Waals surface area (Å²) < 4.78 is 2.82. The Morgan fingerprint density at radius 1 is 0.467 bits per heavy atom. The molecule has 0 bridgehead atoms. The first-order chi connectivity index (χ1) is 14.8. The van der Waals surface area contributed by atoms with Crippen LogP contribution in [0.5, 0.6) is 0 Å². The Labute approximate surface area is 184 Å². The highest BCUT2D eigenvalue weighted by molar-refractivity contribution is 7.19. The van der Waals surface area contributed by atoms with Gasteiger partial charge >= 0.3 is 0 Å². The molecule has 2 heterocycles. The van der Waals surface area contributed by atoms with Crippen LogP contribution in [0.15, 0.2) is 60.7 Å². The molecule has 0 radical (unpaired) electrons. The molecule has 0 fully saturated rings. The predicted molar refractivity (Wildman–Crippen MR) is 138 cm³/mol. The predicted octanol–water partition coefficient (Wildman–Crippen LogP) is 9.48. The zero-order valence-corrected chi connectivity index (χ0v) is 19.1. The van der Waals surface area contributed by atoms with Crippen LogP contribution >= 0.6 is 22.7 Å². The van der Waals surface area contributed by atoms with Crippen LogP contribution in [0.2, 0.25) is 0 Å². The first-order valence-corrected chi connectivity index (χ1v) is 12.6. The molecule has 0 atom stereocenters. The largest absolute Gasteiger partial charge is 0.140 e. The van der Waals surface area contributed by atoms with Crippen LogP contribution in [0, 0.1) is 0 Å². The van der Waals surface area contributed by atoms with Crippen LogP contribution in [0.4, 0.5) is 0 Å². The molecule has 4 aromatic carbocycles. The Morgan fingerprint density at radius 3 is 1.17 bits per heavy atom. The van der Waals surface area contributed by atoms with E-state index in [4.69, 9.17) is 0 Å². The van der Waals surface area contributed by atoms with Crippen LogP contribution in [0.1, 0.15) is 36.4 Å². The van der Waals surface area contributed by atoms with Crippen molar-refractivity contribution in [2.75, 3.05) is 0 Å². The fourth-order valence-corrected chi connectivity index (χ4v) is 7.28. The molecule has 0 aliphatic rings. The van der Waals surface area contributed by atoms with Crippen molar-refractivity contribution in [2.45, 2.75) is 39.5 Å². The molecule has 0 spiro atoms. The normalized spacial score (nSPS) is 12.2. The Bertz CT molecular complexity index is 1440. The molecule has 0 saturated heterocycles. The van der Waals surface area contributed by atoms with Gasteiger partial charge in [-0.1, -0.05) is 63.1 Å². The van der Waals surface area contributed by atoms with E-state index in [1.54, 1.807) is 0 Å². The quantitative estimate of drug-likeness (QED) is 0.247. The van der Waals surface area contributed by atoms with E-state index in [1.165, 1.54) is 87.9 Å². The highest BCUT2D eigenvalue weighted by Crippen LogP contribution is 2.40. The van der Waals surface area contributed by atoms with E-state index in [1.807, 2.05) is 22.7 Å². The van der Waals surface area contributed by atoms with Crippen molar-refractivity contribution >= 4 is 75.2 Å². The standard InChI is InChI=1S/C28H24S2/c1-3-5-17-15-25-23-9-7-20-19(21(23)11-13-27(25)29-17)8-10-24-22(20)12-14-28-26(24)16-18(30-28)6-4-2/h7-16H,3-6H2,1-2H3. The lowest BCUT2D eigenvalue weighted by molar-refractivity contribution is 0.941. The van der Waals surface area contributed by atoms with Crippen LogP contribution in [-0.4, -0.2) is 0 Å². The molecule has 0 saturated carbocycles. The zero-order valence-electron chi connectivity index (χ0n) is 17.4. The summed E-state index contributed by atoms with van der Waals surface area (Å²) in [6, 6.07) is 23.6. The molecule has 6 rings (SSSR count). The number of benzene rings is 4. The Hall–Kier alpha value is -2.42. The van der Waals surface area contributed by atoms with Gasteiger partial charge in [0.25, 0.3) is 0 Å². The number of thiophene rings is 2. The summed E-state index contributed by atoms with van der Waals surface area (Å²) in [5.41, 5.74) is 0. The lowest BCUT2D eigenvalue weighted by atomic mass is 9.95. The Kier molecular flexibility index (Phi) is 4.33. The summed E-state index contributed by atoms with van der Waals surface area (Å²) in [7, 11) is 0. The highest BCUT2D eigenvalue weighted by Gasteiger charge is 2.12. The van der Waals surface area contributed by atoms with Crippen LogP contribution in [-0.2, 0) is 12.8 Å². The third kappa shape index (κ3) is 2.71. The summed E-state index contributed by atoms with van der Waals surface area (Å²) in [4.78, 5) is 3.00. The summed E-state index contributed by atoms with van der Waals surface area (Å²) in [6.07, 6.45) is 4.76. The summed E-state index contributed by atoms with van der Waals surface area (Å²) >= 11 is 3.91. The molecule has 0 aliphatic heterocycles. The van der Waals surface area contributed by atoms with Crippen molar-refractivity contribution in [1.29, 1.82) is 0 Å². The van der Waals surface area contributed by atoms with E-state index in [0.29, 0.717) is 0 Å². The molecule has 0 unspecified atom stereocenters. The van der Waals surface area contributed by atoms with Gasteiger partial charge in [0.1, 0.15) is 0 Å². The maximum Gasteiger partial charge on any atom is 0.0352 e. The molecule has 0 nitrogen and oxygen atoms in total. The topological polar surface area (TPSA) is 0 Å². The number of fused-ring (bicyclic) bond motifs is 9. The van der Waals surface area contributed by atoms with Crippen LogP contribution in [0.3, 0.4) is 0 Å². The van der Waals surface area contributed by atoms with Gasteiger partial charge in [-0.3, -0.25) is 0 Å². The monoisotopic (exact) mass is 424 g/mol. The fourth-order valence-electron chi connectivity index (χ4n) is 4.92. The minimum atomic E-state index is 1.18. The van der Waals surface area contributed by atoms with Gasteiger partial charge in [0.2, 0.25) is 0 Å². The molecule has 6 aromatic rings. The van der Waals surface area contributed by atoms with Gasteiger partial charge in [0, 0.05) is 29.9 Å². The van der Waals surface area contributed by atoms with Gasteiger partial charge in [0.05, 0.1) is 0 Å². The van der Waals surface area contributed by atoms with Crippen molar-refractivity contribution in [3.63, 3.8) is 0 Å². The van der Waals surface area contributed by atoms with Gasteiger partial charge in [-0.25, -0.2) is 0 Å². The van der Waals surface area contributed by atoms with E-state index >= 15 is 0 Å². The SMILES string of the molecule is CCCc1cc2c(ccc3c2ccc2c4ccc5sc(CCC)cc5c4ccc32)s1. The lowest BCUT2D eigenvalue weighted by Gasteiger charge is -2.09. The summed E-state index contributed by atoms with van der Waals surface area (Å²) in [5, 5.41) is 11.1. The Morgan fingerprint density at radius 2 is 0.800 bits per heavy atom. The number of hydrogen-bond donors (Lipinski definition) is 0. The van der Waals surface area contributed by atoms with Crippen molar-refractivity contribution in [1.82, 2.24) is 0 Å². The smallest absolute Gasteiger partial charge is 0.0352 e. The van der Waals surface area contributed by atoms with Crippen LogP contribution in [0.25, 0.3) is 52.5 Å². The van der Waals surface area contributed by atoms with E-state index < -0.39 is 0 Å². The highest BCUT2D eigenvalue weighted by atomic mass is 32.1. The van der Waals surface area contributed by atoms with Crippen molar-refractivity contribution in [3.8, 4) is 0 Å². The van der Waals surface area contributed by atoms with Gasteiger partial charge in [0.15, 0.2) is 0 Å². The second-order valence-electron chi connectivity index (χ2n) is 8.30. The summed E-state index contributed by atoms with van der Waals surface area (Å²) in [5.74, 6) is 0. The number of rotatable bonds is 4. The first-order valence-electron chi connectivity index (χ1n) is 11.0. The molecule has 0 aliphatic carbocycles. The molecule has 148 valence electrons. The lowest BCUT2D eigenvalue weighted by Crippen LogP contribution is -1.82. The van der Waals surface area contributed by atoms with Crippen molar-refractivity contribution in [3.05, 3.63) is 70.4 Å². The average molecular weight is 425 g/mol. The van der Waals surface area contributed by atoms with E-state index in [0.717, 1.165) is 0 Å². The molecule has 2 heteroatoms. The van der Waals surface area contributed by atoms with Crippen molar-refractivity contribution in [2.24, 2.45) is 0 Å². The second-order valence-corrected chi connectivity index (χ2v) is 10.6. The minimum Gasteiger partial charge on any atom is -0.140 e. The number of aryl methyl sites for hydroxylation is 2. The molecule has 30 heavy (non-hydrogen) atoms. The summed E-state index contributed by atoms with van der Waals surface area (Å²) in [6.45, 7) is 4.52. The Balaban J connectivity index is 1.64. The third-order valence-electron chi connectivity index (χ3n) is 6.28. The fraction of sp³-hybridized carbons (Fsp3) is 0.214. The minimum absolute atomic E-state index is 1.18. The molecular formula is C28H24S2. The van der Waals surface area contributed by atoms with Gasteiger partial charge in [-0.05, 0) is 69.4 Å². The first kappa shape index (κ1) is 18.4. The van der Waals surface area contributed by atoms with E-state index in [2.05, 4.69) is 74.5 Å². The maximum atomic E-state index is 2.42. The molecule has 0 N–H and O–H groups in total. The molecular weight excluding hydrogens is 400 g/mol. The van der Waals surface area contributed by atoms with Gasteiger partial charge in [-0.2, -0.15) is 0 Å². The van der Waals surface area contributed by atoms with Crippen molar-refractivity contribution < 1.29 is 0 Å². The maximum absolute atomic E-state index is 2.42. The van der Waals surface area contributed by atoms with Crippen LogP contribution < -0.4 is 0 Å². The average Bonchev–Trinajstić information content (AvgIpc) is 3.36. The number of hydrogen-bond acceptors (Lipinski definition) is 2.